The molecule has 0 aromatic heterocycles. The first kappa shape index (κ1) is 10.4. The molecule has 2 nitrogen and oxygen atoms in total. The van der Waals surface area contributed by atoms with Crippen molar-refractivity contribution in [2.24, 2.45) is 4.99 Å². The van der Waals surface area contributed by atoms with Crippen LogP contribution in [0.4, 0.5) is 0 Å². The fraction of sp³-hybridized carbons (Fsp3) is 0.462. The van der Waals surface area contributed by atoms with Gasteiger partial charge in [-0.05, 0) is 43.6 Å². The van der Waals surface area contributed by atoms with Gasteiger partial charge in [-0.15, -0.1) is 0 Å². The van der Waals surface area contributed by atoms with Crippen LogP contribution in [0.3, 0.4) is 0 Å². The van der Waals surface area contributed by atoms with Crippen molar-refractivity contribution in [1.82, 2.24) is 4.90 Å². The van der Waals surface area contributed by atoms with E-state index in [9.17, 15) is 0 Å². The molecule has 1 aliphatic heterocycles. The Morgan fingerprint density at radius 3 is 3.00 bits per heavy atom. The number of aliphatic imine (C=N–C) groups is 1. The van der Waals surface area contributed by atoms with Gasteiger partial charge in [0.15, 0.2) is 0 Å². The van der Waals surface area contributed by atoms with E-state index >= 15 is 0 Å². The predicted octanol–water partition coefficient (Wildman–Crippen LogP) is 1.77. The zero-order valence-corrected chi connectivity index (χ0v) is 9.53. The van der Waals surface area contributed by atoms with E-state index in [1.54, 1.807) is 0 Å². The van der Waals surface area contributed by atoms with Gasteiger partial charge in [0.05, 0.1) is 0 Å². The molecule has 0 fully saturated rings. The van der Waals surface area contributed by atoms with E-state index < -0.39 is 0 Å². The van der Waals surface area contributed by atoms with Crippen molar-refractivity contribution in [2.75, 3.05) is 27.2 Å². The van der Waals surface area contributed by atoms with Crippen LogP contribution >= 0.6 is 0 Å². The Morgan fingerprint density at radius 2 is 2.20 bits per heavy atom. The zero-order valence-electron chi connectivity index (χ0n) is 9.53. The number of likely N-dealkylation sites (N-methyl/N-ethyl adjacent to an activating group) is 1. The fourth-order valence-corrected chi connectivity index (χ4v) is 2.00. The van der Waals surface area contributed by atoms with Crippen LogP contribution in [-0.2, 0) is 12.8 Å². The highest BCUT2D eigenvalue weighted by Gasteiger charge is 2.09. The van der Waals surface area contributed by atoms with E-state index in [0.717, 1.165) is 25.9 Å². The third kappa shape index (κ3) is 2.45. The van der Waals surface area contributed by atoms with E-state index in [-0.39, 0.29) is 0 Å². The van der Waals surface area contributed by atoms with E-state index in [1.807, 2.05) is 6.21 Å². The summed E-state index contributed by atoms with van der Waals surface area (Å²) in [6.07, 6.45) is 4.26. The van der Waals surface area contributed by atoms with Crippen LogP contribution in [-0.4, -0.2) is 38.3 Å². The summed E-state index contributed by atoms with van der Waals surface area (Å²) in [5.74, 6) is 0. The molecule has 0 amide bonds. The van der Waals surface area contributed by atoms with Crippen LogP contribution in [0.15, 0.2) is 23.2 Å². The molecule has 1 aliphatic rings. The van der Waals surface area contributed by atoms with Crippen molar-refractivity contribution in [2.45, 2.75) is 12.8 Å². The average molecular weight is 202 g/mol. The number of nitrogens with zero attached hydrogens (tertiary/aromatic N) is 2. The van der Waals surface area contributed by atoms with Crippen molar-refractivity contribution in [1.29, 1.82) is 0 Å². The molecule has 0 atom stereocenters. The summed E-state index contributed by atoms with van der Waals surface area (Å²) < 4.78 is 0. The Labute approximate surface area is 91.6 Å². The van der Waals surface area contributed by atoms with Crippen LogP contribution in [0.1, 0.15) is 16.7 Å². The van der Waals surface area contributed by atoms with E-state index in [1.165, 1.54) is 16.7 Å². The van der Waals surface area contributed by atoms with E-state index in [4.69, 9.17) is 0 Å². The number of fused-ring (bicyclic) bond motifs is 1. The fourth-order valence-electron chi connectivity index (χ4n) is 2.00. The molecule has 0 saturated heterocycles. The smallest absolute Gasteiger partial charge is 0.0430 e. The van der Waals surface area contributed by atoms with Gasteiger partial charge >= 0.3 is 0 Å². The molecule has 0 bridgehead atoms. The molecule has 0 unspecified atom stereocenters. The molecule has 0 saturated carbocycles. The minimum absolute atomic E-state index is 0.950. The second-order valence-electron chi connectivity index (χ2n) is 4.32. The molecule has 15 heavy (non-hydrogen) atoms. The molecule has 2 rings (SSSR count). The second-order valence-corrected chi connectivity index (χ2v) is 4.32. The third-order valence-corrected chi connectivity index (χ3v) is 2.86. The lowest BCUT2D eigenvalue weighted by molar-refractivity contribution is 0.413. The maximum Gasteiger partial charge on any atom is 0.0430 e. The Hall–Kier alpha value is -1.15. The summed E-state index contributed by atoms with van der Waals surface area (Å²) in [7, 11) is 4.24. The topological polar surface area (TPSA) is 15.6 Å². The summed E-state index contributed by atoms with van der Waals surface area (Å²) in [5.41, 5.74) is 4.32. The molecular formula is C13H18N2. The molecule has 1 aromatic rings. The summed E-state index contributed by atoms with van der Waals surface area (Å²) in [6, 6.07) is 6.56. The van der Waals surface area contributed by atoms with Gasteiger partial charge in [-0.25, -0.2) is 0 Å². The van der Waals surface area contributed by atoms with Gasteiger partial charge in [0.1, 0.15) is 0 Å². The number of rotatable bonds is 3. The van der Waals surface area contributed by atoms with Crippen LogP contribution in [0.5, 0.6) is 0 Å². The summed E-state index contributed by atoms with van der Waals surface area (Å²) in [4.78, 5) is 6.55. The first-order valence-electron chi connectivity index (χ1n) is 5.52. The van der Waals surface area contributed by atoms with Gasteiger partial charge in [0.2, 0.25) is 0 Å². The molecule has 0 spiro atoms. The Balaban J connectivity index is 2.20. The highest BCUT2D eigenvalue weighted by molar-refractivity contribution is 5.83. The maximum atomic E-state index is 4.32. The van der Waals surface area contributed by atoms with Crippen LogP contribution < -0.4 is 0 Å². The van der Waals surface area contributed by atoms with Crippen molar-refractivity contribution >= 4 is 6.21 Å². The van der Waals surface area contributed by atoms with Crippen molar-refractivity contribution in [3.05, 3.63) is 34.9 Å². The molecule has 0 N–H and O–H groups in total. The van der Waals surface area contributed by atoms with E-state index in [0.29, 0.717) is 0 Å². The number of benzene rings is 1. The highest BCUT2D eigenvalue weighted by atomic mass is 15.0. The van der Waals surface area contributed by atoms with E-state index in [2.05, 4.69) is 42.2 Å². The van der Waals surface area contributed by atoms with Gasteiger partial charge < -0.3 is 4.90 Å². The maximum absolute atomic E-state index is 4.32. The van der Waals surface area contributed by atoms with Crippen molar-refractivity contribution in [3.63, 3.8) is 0 Å². The second kappa shape index (κ2) is 4.58. The summed E-state index contributed by atoms with van der Waals surface area (Å²) >= 11 is 0. The normalized spacial score (nSPS) is 14.3. The third-order valence-electron chi connectivity index (χ3n) is 2.86. The lowest BCUT2D eigenvalue weighted by atomic mass is 9.95. The SMILES string of the molecule is CN(C)CCc1cccc2c1CCN=C2. The quantitative estimate of drug-likeness (QED) is 0.729. The Kier molecular flexibility index (Phi) is 3.17. The monoisotopic (exact) mass is 202 g/mol. The molecular weight excluding hydrogens is 184 g/mol. The highest BCUT2D eigenvalue weighted by Crippen LogP contribution is 2.18. The largest absolute Gasteiger partial charge is 0.309 e. The van der Waals surface area contributed by atoms with Gasteiger partial charge in [-0.1, -0.05) is 18.2 Å². The first-order chi connectivity index (χ1) is 7.27. The molecule has 0 aliphatic carbocycles. The minimum Gasteiger partial charge on any atom is -0.309 e. The molecule has 1 aromatic carbocycles. The molecule has 1 heterocycles. The predicted molar refractivity (Wildman–Crippen MR) is 64.9 cm³/mol. The standard InChI is InChI=1S/C13H18N2/c1-15(2)9-7-11-4-3-5-12-10-14-8-6-13(11)12/h3-5,10H,6-9H2,1-2H3. The van der Waals surface area contributed by atoms with Gasteiger partial charge in [0, 0.05) is 19.3 Å². The molecule has 2 heteroatoms. The van der Waals surface area contributed by atoms with Crippen LogP contribution in [0, 0.1) is 0 Å². The summed E-state index contributed by atoms with van der Waals surface area (Å²) in [5, 5.41) is 0. The number of hydrogen-bond donors (Lipinski definition) is 0. The van der Waals surface area contributed by atoms with Crippen LogP contribution in [0.2, 0.25) is 0 Å². The molecule has 80 valence electrons. The number of hydrogen-bond acceptors (Lipinski definition) is 2. The Bertz CT molecular complexity index is 367. The van der Waals surface area contributed by atoms with Gasteiger partial charge in [-0.2, -0.15) is 0 Å². The van der Waals surface area contributed by atoms with Crippen molar-refractivity contribution < 1.29 is 0 Å². The van der Waals surface area contributed by atoms with Crippen molar-refractivity contribution in [3.8, 4) is 0 Å². The zero-order chi connectivity index (χ0) is 10.7. The Morgan fingerprint density at radius 1 is 1.33 bits per heavy atom. The first-order valence-corrected chi connectivity index (χ1v) is 5.52. The summed E-state index contributed by atoms with van der Waals surface area (Å²) in [6.45, 7) is 2.07. The van der Waals surface area contributed by atoms with Gasteiger partial charge in [-0.3, -0.25) is 4.99 Å². The lowest BCUT2D eigenvalue weighted by Crippen LogP contribution is -2.17. The average Bonchev–Trinajstić information content (AvgIpc) is 2.26. The minimum atomic E-state index is 0.950. The van der Waals surface area contributed by atoms with Crippen LogP contribution in [0.25, 0.3) is 0 Å². The lowest BCUT2D eigenvalue weighted by Gasteiger charge is -2.16. The molecule has 0 radical (unpaired) electrons. The van der Waals surface area contributed by atoms with Gasteiger partial charge in [0.25, 0.3) is 0 Å².